The number of amides is 2. The van der Waals surface area contributed by atoms with Crippen LogP contribution in [0.3, 0.4) is 0 Å². The number of aryl methyl sites for hydroxylation is 1. The lowest BCUT2D eigenvalue weighted by atomic mass is 10.1. The molecule has 0 N–H and O–H groups in total. The number of ether oxygens (including phenoxy) is 1. The Hall–Kier alpha value is -2.72. The van der Waals surface area contributed by atoms with Crippen molar-refractivity contribution in [1.29, 1.82) is 0 Å². The van der Waals surface area contributed by atoms with Gasteiger partial charge in [-0.05, 0) is 46.2 Å². The van der Waals surface area contributed by atoms with Gasteiger partial charge < -0.3 is 14.5 Å². The fourth-order valence-corrected chi connectivity index (χ4v) is 6.38. The molecule has 3 fully saturated rings. The zero-order valence-corrected chi connectivity index (χ0v) is 23.1. The van der Waals surface area contributed by atoms with Crippen molar-refractivity contribution in [1.82, 2.24) is 24.5 Å². The number of piperazine rings is 1. The maximum atomic E-state index is 13.4. The zero-order valence-electron chi connectivity index (χ0n) is 22.3. The highest BCUT2D eigenvalue weighted by atomic mass is 32.2. The van der Waals surface area contributed by atoms with Crippen molar-refractivity contribution in [2.45, 2.75) is 51.8 Å². The molecule has 0 radical (unpaired) electrons. The van der Waals surface area contributed by atoms with Crippen LogP contribution in [0.1, 0.15) is 32.9 Å². The minimum absolute atomic E-state index is 0.0548. The minimum atomic E-state index is -0.599. The molecule has 0 saturated carbocycles. The van der Waals surface area contributed by atoms with Gasteiger partial charge in [0, 0.05) is 57.1 Å². The van der Waals surface area contributed by atoms with Crippen LogP contribution < -0.4 is 4.90 Å². The molecule has 2 amide bonds. The van der Waals surface area contributed by atoms with Crippen LogP contribution in [0.5, 0.6) is 0 Å². The van der Waals surface area contributed by atoms with Crippen molar-refractivity contribution in [3.63, 3.8) is 0 Å². The van der Waals surface area contributed by atoms with Crippen molar-refractivity contribution in [2.24, 2.45) is 0 Å². The summed E-state index contributed by atoms with van der Waals surface area (Å²) in [6.45, 7) is 12.4. The highest BCUT2D eigenvalue weighted by Crippen LogP contribution is 2.30. The quantitative estimate of drug-likeness (QED) is 0.606. The van der Waals surface area contributed by atoms with E-state index in [-0.39, 0.29) is 18.0 Å². The number of thioether (sulfide) groups is 1. The molecule has 2 aromatic rings. The maximum absolute atomic E-state index is 13.4. The minimum Gasteiger partial charge on any atom is -0.444 e. The standard InChI is InChI=1S/C27H38N6O3S/c1-20-16-24(33(28-20)21-8-6-5-7-9-21)30-12-10-29(11-13-30)22-17-23(25(34)31-14-15-37-19-31)32(18-22)26(35)36-27(2,3)4/h5-9,16,22-23H,10-15,17-19H2,1-4H3/t22-,23-/m1/s1. The summed E-state index contributed by atoms with van der Waals surface area (Å²) in [5.41, 5.74) is 1.45. The molecule has 37 heavy (non-hydrogen) atoms. The average Bonchev–Trinajstić information content (AvgIpc) is 3.63. The topological polar surface area (TPSA) is 74.2 Å². The second-order valence-corrected chi connectivity index (χ2v) is 12.2. The lowest BCUT2D eigenvalue weighted by molar-refractivity contribution is -0.134. The van der Waals surface area contributed by atoms with Crippen molar-refractivity contribution < 1.29 is 14.3 Å². The highest BCUT2D eigenvalue weighted by molar-refractivity contribution is 7.99. The number of hydrogen-bond acceptors (Lipinski definition) is 7. The number of carbonyl (C=O) groups excluding carboxylic acids is 2. The van der Waals surface area contributed by atoms with Gasteiger partial charge in [-0.15, -0.1) is 11.8 Å². The van der Waals surface area contributed by atoms with E-state index in [9.17, 15) is 9.59 Å². The number of carbonyl (C=O) groups is 2. The highest BCUT2D eigenvalue weighted by Gasteiger charge is 2.45. The molecule has 0 spiro atoms. The molecule has 2 atom stereocenters. The molecular weight excluding hydrogens is 488 g/mol. The third-order valence-electron chi connectivity index (χ3n) is 7.22. The molecule has 0 aliphatic carbocycles. The van der Waals surface area contributed by atoms with E-state index in [0.29, 0.717) is 18.8 Å². The Kier molecular flexibility index (Phi) is 7.40. The number of para-hydroxylation sites is 1. The fourth-order valence-electron chi connectivity index (χ4n) is 5.42. The van der Waals surface area contributed by atoms with E-state index in [1.807, 2.05) is 55.5 Å². The van der Waals surface area contributed by atoms with Crippen LogP contribution in [-0.4, -0.2) is 105 Å². The van der Waals surface area contributed by atoms with Gasteiger partial charge in [0.1, 0.15) is 17.5 Å². The molecule has 200 valence electrons. The maximum Gasteiger partial charge on any atom is 0.411 e. The molecule has 3 aliphatic heterocycles. The van der Waals surface area contributed by atoms with E-state index in [1.54, 1.807) is 16.7 Å². The smallest absolute Gasteiger partial charge is 0.411 e. The van der Waals surface area contributed by atoms with Gasteiger partial charge in [-0.1, -0.05) is 18.2 Å². The van der Waals surface area contributed by atoms with Gasteiger partial charge in [0.25, 0.3) is 0 Å². The van der Waals surface area contributed by atoms with E-state index in [2.05, 4.69) is 28.0 Å². The number of anilines is 1. The summed E-state index contributed by atoms with van der Waals surface area (Å²) in [6, 6.07) is 12.1. The molecule has 10 heteroatoms. The molecule has 0 bridgehead atoms. The number of benzene rings is 1. The second kappa shape index (κ2) is 10.6. The molecule has 1 aromatic heterocycles. The first-order valence-electron chi connectivity index (χ1n) is 13.2. The lowest BCUT2D eigenvalue weighted by Crippen LogP contribution is -2.51. The number of likely N-dealkylation sites (tertiary alicyclic amines) is 1. The van der Waals surface area contributed by atoms with E-state index < -0.39 is 11.6 Å². The first kappa shape index (κ1) is 25.9. The predicted molar refractivity (Wildman–Crippen MR) is 146 cm³/mol. The Morgan fingerprint density at radius 3 is 2.43 bits per heavy atom. The lowest BCUT2D eigenvalue weighted by Gasteiger charge is -2.38. The van der Waals surface area contributed by atoms with Gasteiger partial charge >= 0.3 is 6.09 Å². The third kappa shape index (κ3) is 5.75. The van der Waals surface area contributed by atoms with E-state index in [1.165, 1.54) is 0 Å². The number of rotatable bonds is 4. The Morgan fingerprint density at radius 2 is 1.78 bits per heavy atom. The zero-order chi connectivity index (χ0) is 26.2. The Labute approximate surface area is 223 Å². The normalized spacial score (nSPS) is 23.1. The van der Waals surface area contributed by atoms with Crippen LogP contribution >= 0.6 is 11.8 Å². The predicted octanol–water partition coefficient (Wildman–Crippen LogP) is 3.21. The van der Waals surface area contributed by atoms with Crippen LogP contribution in [0.4, 0.5) is 10.6 Å². The van der Waals surface area contributed by atoms with E-state index in [0.717, 1.165) is 55.7 Å². The van der Waals surface area contributed by atoms with Gasteiger partial charge in [0.15, 0.2) is 0 Å². The number of nitrogens with zero attached hydrogens (tertiary/aromatic N) is 6. The van der Waals surface area contributed by atoms with Crippen molar-refractivity contribution in [3.05, 3.63) is 42.1 Å². The average molecular weight is 527 g/mol. The van der Waals surface area contributed by atoms with E-state index in [4.69, 9.17) is 9.84 Å². The van der Waals surface area contributed by atoms with Gasteiger partial charge in [-0.2, -0.15) is 5.10 Å². The van der Waals surface area contributed by atoms with Gasteiger partial charge in [0.2, 0.25) is 5.91 Å². The third-order valence-corrected chi connectivity index (χ3v) is 8.19. The van der Waals surface area contributed by atoms with Crippen molar-refractivity contribution >= 4 is 29.6 Å². The van der Waals surface area contributed by atoms with Crippen LogP contribution in [0.25, 0.3) is 5.69 Å². The summed E-state index contributed by atoms with van der Waals surface area (Å²) in [7, 11) is 0. The Balaban J connectivity index is 1.27. The Bertz CT molecular complexity index is 1100. The molecule has 5 rings (SSSR count). The molecule has 3 aliphatic rings. The Morgan fingerprint density at radius 1 is 1.05 bits per heavy atom. The summed E-state index contributed by atoms with van der Waals surface area (Å²) >= 11 is 1.76. The van der Waals surface area contributed by atoms with Gasteiger partial charge in [-0.3, -0.25) is 14.6 Å². The first-order valence-corrected chi connectivity index (χ1v) is 14.3. The summed E-state index contributed by atoms with van der Waals surface area (Å²) in [5, 5.41) is 4.74. The molecule has 3 saturated heterocycles. The van der Waals surface area contributed by atoms with Crippen molar-refractivity contribution in [3.8, 4) is 5.69 Å². The molecule has 1 aromatic carbocycles. The van der Waals surface area contributed by atoms with Crippen LogP contribution in [-0.2, 0) is 9.53 Å². The van der Waals surface area contributed by atoms with Crippen LogP contribution in [0, 0.1) is 6.92 Å². The van der Waals surface area contributed by atoms with Gasteiger partial charge in [0.05, 0.1) is 17.3 Å². The van der Waals surface area contributed by atoms with Crippen molar-refractivity contribution in [2.75, 3.05) is 55.8 Å². The number of hydrogen-bond donors (Lipinski definition) is 0. The molecule has 4 heterocycles. The molecular formula is C27H38N6O3S. The largest absolute Gasteiger partial charge is 0.444 e. The van der Waals surface area contributed by atoms with Gasteiger partial charge in [-0.25, -0.2) is 9.48 Å². The summed E-state index contributed by atoms with van der Waals surface area (Å²) < 4.78 is 7.73. The molecule has 0 unspecified atom stereocenters. The first-order chi connectivity index (χ1) is 17.7. The fraction of sp³-hybridized carbons (Fsp3) is 0.593. The van der Waals surface area contributed by atoms with E-state index >= 15 is 0 Å². The summed E-state index contributed by atoms with van der Waals surface area (Å²) in [6.07, 6.45) is 0.265. The van der Waals surface area contributed by atoms with Crippen LogP contribution in [0.2, 0.25) is 0 Å². The second-order valence-electron chi connectivity index (χ2n) is 11.1. The number of aromatic nitrogens is 2. The monoisotopic (exact) mass is 526 g/mol. The molecule has 9 nitrogen and oxygen atoms in total. The van der Waals surface area contributed by atoms with Crippen LogP contribution in [0.15, 0.2) is 36.4 Å². The summed E-state index contributed by atoms with van der Waals surface area (Å²) in [5.74, 6) is 2.81. The SMILES string of the molecule is Cc1cc(N2CCN([C@@H]3C[C@H](C(=O)N4CCSC4)N(C(=O)OC(C)(C)C)C3)CC2)n(-c2ccccc2)n1. The summed E-state index contributed by atoms with van der Waals surface area (Å²) in [4.78, 5) is 34.9.